The fraction of sp³-hybridized carbons (Fsp3) is 0.393. The smallest absolute Gasteiger partial charge is 0.243 e. The minimum absolute atomic E-state index is 0.0759. The Morgan fingerprint density at radius 1 is 1.19 bits per heavy atom. The molecule has 4 rings (SSSR count). The van der Waals surface area contributed by atoms with Crippen LogP contribution in [-0.4, -0.2) is 49.8 Å². The van der Waals surface area contributed by atoms with Gasteiger partial charge in [-0.25, -0.2) is 12.8 Å². The maximum absolute atomic E-state index is 14.2. The largest absolute Gasteiger partial charge is 0.488 e. The topological polar surface area (TPSA) is 66.9 Å². The maximum Gasteiger partial charge on any atom is 0.243 e. The van der Waals surface area contributed by atoms with Crippen molar-refractivity contribution in [2.24, 2.45) is 5.92 Å². The van der Waals surface area contributed by atoms with Gasteiger partial charge < -0.3 is 9.64 Å². The van der Waals surface area contributed by atoms with Crippen LogP contribution >= 0.6 is 11.3 Å². The van der Waals surface area contributed by atoms with E-state index in [1.165, 1.54) is 10.4 Å². The molecule has 6 nitrogen and oxygen atoms in total. The summed E-state index contributed by atoms with van der Waals surface area (Å²) < 4.78 is 48.5. The average Bonchev–Trinajstić information content (AvgIpc) is 3.37. The summed E-state index contributed by atoms with van der Waals surface area (Å²) in [7, 11) is -3.88. The van der Waals surface area contributed by atoms with Gasteiger partial charge in [0.2, 0.25) is 15.9 Å². The third-order valence-corrected chi connectivity index (χ3v) is 9.65. The van der Waals surface area contributed by atoms with Crippen molar-refractivity contribution in [2.45, 2.75) is 44.6 Å². The fourth-order valence-corrected chi connectivity index (χ4v) is 6.87. The molecule has 3 aromatic rings. The SMILES string of the molecule is CC[C@@H](C)CN(CC(=O)N1CCc2sccc2[C@H]1COc1ccccc1F)S(=O)(=O)c1ccc(C)cc1. The summed E-state index contributed by atoms with van der Waals surface area (Å²) in [5.41, 5.74) is 1.93. The molecule has 1 aliphatic rings. The first kappa shape index (κ1) is 27.3. The molecule has 198 valence electrons. The Morgan fingerprint density at radius 3 is 2.62 bits per heavy atom. The molecule has 0 aliphatic carbocycles. The Morgan fingerprint density at radius 2 is 1.92 bits per heavy atom. The number of thiophene rings is 1. The van der Waals surface area contributed by atoms with Crippen LogP contribution in [0.2, 0.25) is 0 Å². The number of carbonyl (C=O) groups is 1. The van der Waals surface area contributed by atoms with Crippen molar-refractivity contribution >= 4 is 27.3 Å². The first-order valence-electron chi connectivity index (χ1n) is 12.5. The molecule has 0 saturated heterocycles. The lowest BCUT2D eigenvalue weighted by Crippen LogP contribution is -2.48. The molecule has 2 heterocycles. The van der Waals surface area contributed by atoms with Crippen molar-refractivity contribution in [2.75, 3.05) is 26.2 Å². The van der Waals surface area contributed by atoms with Crippen LogP contribution in [0.4, 0.5) is 4.39 Å². The van der Waals surface area contributed by atoms with Crippen LogP contribution in [0.3, 0.4) is 0 Å². The summed E-state index contributed by atoms with van der Waals surface area (Å²) >= 11 is 1.62. The lowest BCUT2D eigenvalue weighted by atomic mass is 10.0. The van der Waals surface area contributed by atoms with Gasteiger partial charge in [-0.1, -0.05) is 50.1 Å². The number of benzene rings is 2. The highest BCUT2D eigenvalue weighted by atomic mass is 32.2. The van der Waals surface area contributed by atoms with Crippen molar-refractivity contribution in [1.29, 1.82) is 0 Å². The van der Waals surface area contributed by atoms with E-state index in [-0.39, 0.29) is 42.2 Å². The van der Waals surface area contributed by atoms with E-state index in [4.69, 9.17) is 4.74 Å². The predicted octanol–water partition coefficient (Wildman–Crippen LogP) is 5.44. The Balaban J connectivity index is 1.59. The number of nitrogens with zero attached hydrogens (tertiary/aromatic N) is 2. The number of amides is 1. The molecule has 9 heteroatoms. The van der Waals surface area contributed by atoms with E-state index in [0.717, 1.165) is 22.4 Å². The lowest BCUT2D eigenvalue weighted by molar-refractivity contribution is -0.135. The summed E-state index contributed by atoms with van der Waals surface area (Å²) in [5.74, 6) is -0.556. The quantitative estimate of drug-likeness (QED) is 0.341. The van der Waals surface area contributed by atoms with Crippen LogP contribution in [0.25, 0.3) is 0 Å². The van der Waals surface area contributed by atoms with Crippen LogP contribution in [0.1, 0.15) is 42.3 Å². The van der Waals surface area contributed by atoms with Crippen molar-refractivity contribution in [3.63, 3.8) is 0 Å². The first-order chi connectivity index (χ1) is 17.7. The number of para-hydroxylation sites is 1. The van der Waals surface area contributed by atoms with Gasteiger partial charge in [0.15, 0.2) is 11.6 Å². The van der Waals surface area contributed by atoms with Gasteiger partial charge in [0.25, 0.3) is 0 Å². The summed E-state index contributed by atoms with van der Waals surface area (Å²) in [6.45, 7) is 6.37. The first-order valence-corrected chi connectivity index (χ1v) is 14.8. The van der Waals surface area contributed by atoms with E-state index in [2.05, 4.69) is 0 Å². The second-order valence-corrected chi connectivity index (χ2v) is 12.5. The molecule has 0 bridgehead atoms. The number of aryl methyl sites for hydroxylation is 1. The predicted molar refractivity (Wildman–Crippen MR) is 144 cm³/mol. The maximum atomic E-state index is 14.2. The second-order valence-electron chi connectivity index (χ2n) is 9.52. The van der Waals surface area contributed by atoms with Crippen molar-refractivity contribution in [3.8, 4) is 5.75 Å². The number of halogens is 1. The van der Waals surface area contributed by atoms with Gasteiger partial charge in [0, 0.05) is 18.0 Å². The third-order valence-electron chi connectivity index (χ3n) is 6.83. The zero-order valence-corrected chi connectivity index (χ0v) is 23.0. The molecule has 0 radical (unpaired) electrons. The zero-order chi connectivity index (χ0) is 26.6. The molecule has 0 N–H and O–H groups in total. The third kappa shape index (κ3) is 6.22. The summed E-state index contributed by atoms with van der Waals surface area (Å²) in [6.07, 6.45) is 1.47. The Bertz CT molecular complexity index is 1320. The fourth-order valence-electron chi connectivity index (χ4n) is 4.43. The number of ether oxygens (including phenoxy) is 1. The summed E-state index contributed by atoms with van der Waals surface area (Å²) in [5, 5.41) is 1.98. The lowest BCUT2D eigenvalue weighted by Gasteiger charge is -2.37. The summed E-state index contributed by atoms with van der Waals surface area (Å²) in [4.78, 5) is 16.7. The molecule has 0 unspecified atom stereocenters. The van der Waals surface area contributed by atoms with Crippen molar-refractivity contribution < 1.29 is 22.3 Å². The van der Waals surface area contributed by atoms with E-state index in [1.54, 1.807) is 58.7 Å². The second kappa shape index (κ2) is 11.8. The molecule has 1 aliphatic heterocycles. The van der Waals surface area contributed by atoms with Gasteiger partial charge in [-0.3, -0.25) is 4.79 Å². The number of hydrogen-bond donors (Lipinski definition) is 0. The number of hydrogen-bond acceptors (Lipinski definition) is 5. The average molecular weight is 545 g/mol. The van der Waals surface area contributed by atoms with E-state index in [1.807, 2.05) is 32.2 Å². The Hall–Kier alpha value is -2.75. The van der Waals surface area contributed by atoms with Crippen LogP contribution < -0.4 is 4.74 Å². The summed E-state index contributed by atoms with van der Waals surface area (Å²) in [6, 6.07) is 14.4. The molecule has 2 atom stereocenters. The zero-order valence-electron chi connectivity index (χ0n) is 21.4. The van der Waals surface area contributed by atoms with Crippen LogP contribution in [0.5, 0.6) is 5.75 Å². The number of rotatable bonds is 10. The number of sulfonamides is 1. The van der Waals surface area contributed by atoms with Gasteiger partial charge >= 0.3 is 0 Å². The van der Waals surface area contributed by atoms with Crippen LogP contribution in [0, 0.1) is 18.7 Å². The van der Waals surface area contributed by atoms with Crippen LogP contribution in [-0.2, 0) is 21.2 Å². The molecule has 2 aromatic carbocycles. The van der Waals surface area contributed by atoms with Gasteiger partial charge in [-0.15, -0.1) is 11.3 Å². The monoisotopic (exact) mass is 544 g/mol. The molecule has 1 aromatic heterocycles. The van der Waals surface area contributed by atoms with E-state index < -0.39 is 21.9 Å². The van der Waals surface area contributed by atoms with E-state index >= 15 is 0 Å². The van der Waals surface area contributed by atoms with Gasteiger partial charge in [-0.2, -0.15) is 4.31 Å². The van der Waals surface area contributed by atoms with Crippen molar-refractivity contribution in [3.05, 3.63) is 81.8 Å². The Labute approximate surface area is 222 Å². The van der Waals surface area contributed by atoms with E-state index in [9.17, 15) is 17.6 Å². The van der Waals surface area contributed by atoms with E-state index in [0.29, 0.717) is 13.0 Å². The number of carbonyl (C=O) groups excluding carboxylic acids is 1. The van der Waals surface area contributed by atoms with Gasteiger partial charge in [0.05, 0.1) is 17.5 Å². The van der Waals surface area contributed by atoms with Crippen molar-refractivity contribution in [1.82, 2.24) is 9.21 Å². The standard InChI is InChI=1S/C28H33FN2O4S2/c1-4-20(2)17-30(37(33,34)22-11-9-21(3)10-12-22)18-28(32)31-15-13-27-23(14-16-36-27)25(31)19-35-26-8-6-5-7-24(26)29/h5-12,14,16,20,25H,4,13,15,17-19H2,1-3H3/t20-,25-/m1/s1. The van der Waals surface area contributed by atoms with Gasteiger partial charge in [0.1, 0.15) is 6.61 Å². The molecule has 0 saturated carbocycles. The molecule has 37 heavy (non-hydrogen) atoms. The molecule has 0 spiro atoms. The molecule has 1 amide bonds. The molecule has 0 fully saturated rings. The highest BCUT2D eigenvalue weighted by Gasteiger charge is 2.35. The van der Waals surface area contributed by atoms with Gasteiger partial charge in [-0.05, 0) is 60.5 Å². The molecular weight excluding hydrogens is 511 g/mol. The minimum Gasteiger partial charge on any atom is -0.488 e. The highest BCUT2D eigenvalue weighted by Crippen LogP contribution is 2.34. The highest BCUT2D eigenvalue weighted by molar-refractivity contribution is 7.89. The minimum atomic E-state index is -3.88. The van der Waals surface area contributed by atoms with Crippen LogP contribution in [0.15, 0.2) is 64.9 Å². The number of fused-ring (bicyclic) bond motifs is 1. The molecular formula is C28H33FN2O4S2. The Kier molecular flexibility index (Phi) is 8.67. The normalized spacial score (nSPS) is 16.5.